The van der Waals surface area contributed by atoms with Crippen LogP contribution in [0.15, 0.2) is 0 Å². The first-order chi connectivity index (χ1) is 2.81. The summed E-state index contributed by atoms with van der Waals surface area (Å²) in [6.45, 7) is 0. The van der Waals surface area contributed by atoms with E-state index < -0.39 is 6.23 Å². The fourth-order valence-electron chi connectivity index (χ4n) is 0.0913. The first kappa shape index (κ1) is 6.27. The molecule has 0 aliphatic heterocycles. The Labute approximate surface area is 43.0 Å². The van der Waals surface area contributed by atoms with Crippen LogP contribution in [0.3, 0.4) is 0 Å². The number of aliphatic hydroxyl groups excluding tert-OH is 1. The van der Waals surface area contributed by atoms with Gasteiger partial charge in [0.2, 0.25) is 0 Å². The normalized spacial score (nSPS) is 14.5. The highest BCUT2D eigenvalue weighted by molar-refractivity contribution is 7.80. The summed E-state index contributed by atoms with van der Waals surface area (Å²) in [6.07, 6.45) is -0.451. The van der Waals surface area contributed by atoms with Crippen LogP contribution in [-0.2, 0) is 0 Å². The molecule has 0 saturated heterocycles. The van der Waals surface area contributed by atoms with Crippen LogP contribution in [0.4, 0.5) is 0 Å². The van der Waals surface area contributed by atoms with E-state index in [0.717, 1.165) is 0 Å². The van der Waals surface area contributed by atoms with Gasteiger partial charge in [-0.25, -0.2) is 0 Å². The Morgan fingerprint density at radius 2 is 2.50 bits per heavy atom. The first-order valence-corrected chi connectivity index (χ1v) is 2.40. The summed E-state index contributed by atoms with van der Waals surface area (Å²) in [5, 5.41) is 11.1. The molecule has 0 aliphatic carbocycles. The molecule has 2 nitrogen and oxygen atoms in total. The van der Waals surface area contributed by atoms with Crippen LogP contribution < -0.4 is 5.32 Å². The summed E-state index contributed by atoms with van der Waals surface area (Å²) in [5.74, 6) is 0.469. The van der Waals surface area contributed by atoms with Crippen molar-refractivity contribution >= 4 is 12.6 Å². The SMILES string of the molecule is CNC(O)CS. The standard InChI is InChI=1S/C3H9NOS/c1-4-3(5)2-6/h3-6H,2H2,1H3. The number of nitrogens with one attached hydrogen (secondary N) is 1. The molecule has 6 heavy (non-hydrogen) atoms. The quantitative estimate of drug-likeness (QED) is 0.327. The van der Waals surface area contributed by atoms with E-state index in [-0.39, 0.29) is 0 Å². The largest absolute Gasteiger partial charge is 0.378 e. The molecule has 2 N–H and O–H groups in total. The van der Waals surface area contributed by atoms with Gasteiger partial charge in [-0.15, -0.1) is 0 Å². The lowest BCUT2D eigenvalue weighted by atomic mass is 10.7. The van der Waals surface area contributed by atoms with E-state index in [2.05, 4.69) is 17.9 Å². The number of hydrogen-bond acceptors (Lipinski definition) is 3. The Bertz CT molecular complexity index is 30.0. The molecule has 0 aromatic carbocycles. The van der Waals surface area contributed by atoms with Crippen molar-refractivity contribution in [2.75, 3.05) is 12.8 Å². The number of rotatable bonds is 2. The van der Waals surface area contributed by atoms with E-state index in [0.29, 0.717) is 5.75 Å². The minimum absolute atomic E-state index is 0.451. The lowest BCUT2D eigenvalue weighted by Gasteiger charge is -2.00. The first-order valence-electron chi connectivity index (χ1n) is 1.77. The summed E-state index contributed by atoms with van der Waals surface area (Å²) in [4.78, 5) is 0. The minimum atomic E-state index is -0.451. The maximum Gasteiger partial charge on any atom is 0.113 e. The molecule has 0 aliphatic rings. The Morgan fingerprint density at radius 3 is 2.50 bits per heavy atom. The van der Waals surface area contributed by atoms with Gasteiger partial charge in [-0.05, 0) is 7.05 Å². The summed E-state index contributed by atoms with van der Waals surface area (Å²) < 4.78 is 0. The fraction of sp³-hybridized carbons (Fsp3) is 1.00. The third kappa shape index (κ3) is 2.50. The second kappa shape index (κ2) is 3.46. The number of thiol groups is 1. The summed E-state index contributed by atoms with van der Waals surface area (Å²) >= 11 is 3.78. The highest BCUT2D eigenvalue weighted by Gasteiger charge is 1.89. The molecule has 1 atom stereocenters. The van der Waals surface area contributed by atoms with Crippen molar-refractivity contribution in [2.24, 2.45) is 0 Å². The molecule has 38 valence electrons. The van der Waals surface area contributed by atoms with Crippen molar-refractivity contribution < 1.29 is 5.11 Å². The van der Waals surface area contributed by atoms with Crippen LogP contribution in [0.5, 0.6) is 0 Å². The van der Waals surface area contributed by atoms with Crippen LogP contribution in [0.2, 0.25) is 0 Å². The Hall–Kier alpha value is 0.270. The lowest BCUT2D eigenvalue weighted by molar-refractivity contribution is 0.172. The minimum Gasteiger partial charge on any atom is -0.378 e. The van der Waals surface area contributed by atoms with E-state index in [1.165, 1.54) is 0 Å². The Balaban J connectivity index is 2.75. The molecule has 0 fully saturated rings. The summed E-state index contributed by atoms with van der Waals surface area (Å²) in [7, 11) is 1.68. The fourth-order valence-corrected chi connectivity index (χ4v) is 0.274. The van der Waals surface area contributed by atoms with Gasteiger partial charge in [0.15, 0.2) is 0 Å². The predicted octanol–water partition coefficient (Wildman–Crippen LogP) is -0.546. The van der Waals surface area contributed by atoms with Crippen molar-refractivity contribution in [2.45, 2.75) is 6.23 Å². The third-order valence-electron chi connectivity index (χ3n) is 0.506. The molecule has 0 rings (SSSR count). The van der Waals surface area contributed by atoms with Crippen LogP contribution in [0.25, 0.3) is 0 Å². The zero-order valence-corrected chi connectivity index (χ0v) is 4.57. The Morgan fingerprint density at radius 1 is 2.00 bits per heavy atom. The molecule has 0 aromatic heterocycles. The topological polar surface area (TPSA) is 32.3 Å². The van der Waals surface area contributed by atoms with Gasteiger partial charge in [0.25, 0.3) is 0 Å². The molecule has 0 amide bonds. The van der Waals surface area contributed by atoms with Crippen LogP contribution >= 0.6 is 12.6 Å². The van der Waals surface area contributed by atoms with E-state index >= 15 is 0 Å². The maximum absolute atomic E-state index is 8.48. The molecule has 0 aromatic rings. The van der Waals surface area contributed by atoms with E-state index in [4.69, 9.17) is 5.11 Å². The second-order valence-electron chi connectivity index (χ2n) is 0.987. The van der Waals surface area contributed by atoms with Crippen molar-refractivity contribution in [3.8, 4) is 0 Å². The molecule has 1 unspecified atom stereocenters. The van der Waals surface area contributed by atoms with Crippen LogP contribution in [0.1, 0.15) is 0 Å². The zero-order valence-electron chi connectivity index (χ0n) is 3.68. The lowest BCUT2D eigenvalue weighted by Crippen LogP contribution is -2.25. The van der Waals surface area contributed by atoms with Gasteiger partial charge in [0.1, 0.15) is 6.23 Å². The van der Waals surface area contributed by atoms with Crippen molar-refractivity contribution in [3.05, 3.63) is 0 Å². The molecule has 0 spiro atoms. The molecule has 0 bridgehead atoms. The Kier molecular flexibility index (Phi) is 3.62. The van der Waals surface area contributed by atoms with E-state index in [9.17, 15) is 0 Å². The van der Waals surface area contributed by atoms with Gasteiger partial charge in [-0.3, -0.25) is 5.32 Å². The highest BCUT2D eigenvalue weighted by atomic mass is 32.1. The predicted molar refractivity (Wildman–Crippen MR) is 28.9 cm³/mol. The van der Waals surface area contributed by atoms with Crippen LogP contribution in [0, 0.1) is 0 Å². The van der Waals surface area contributed by atoms with Gasteiger partial charge in [-0.1, -0.05) is 0 Å². The van der Waals surface area contributed by atoms with Gasteiger partial charge >= 0.3 is 0 Å². The average molecular weight is 107 g/mol. The molecule has 0 saturated carbocycles. The van der Waals surface area contributed by atoms with Crippen LogP contribution in [-0.4, -0.2) is 24.1 Å². The number of hydrogen-bond donors (Lipinski definition) is 3. The highest BCUT2D eigenvalue weighted by Crippen LogP contribution is 1.75. The smallest absolute Gasteiger partial charge is 0.113 e. The van der Waals surface area contributed by atoms with E-state index in [1.807, 2.05) is 0 Å². The average Bonchev–Trinajstić information content (AvgIpc) is 1.65. The van der Waals surface area contributed by atoms with Crippen molar-refractivity contribution in [1.82, 2.24) is 5.32 Å². The maximum atomic E-state index is 8.48. The van der Waals surface area contributed by atoms with Crippen molar-refractivity contribution in [3.63, 3.8) is 0 Å². The molecule has 0 heterocycles. The van der Waals surface area contributed by atoms with Gasteiger partial charge in [-0.2, -0.15) is 12.6 Å². The summed E-state index contributed by atoms with van der Waals surface area (Å²) in [5.41, 5.74) is 0. The third-order valence-corrected chi connectivity index (χ3v) is 0.852. The van der Waals surface area contributed by atoms with Gasteiger partial charge < -0.3 is 5.11 Å². The summed E-state index contributed by atoms with van der Waals surface area (Å²) in [6, 6.07) is 0. The number of aliphatic hydroxyl groups is 1. The van der Waals surface area contributed by atoms with Gasteiger partial charge in [0, 0.05) is 5.75 Å². The monoisotopic (exact) mass is 107 g/mol. The van der Waals surface area contributed by atoms with E-state index in [1.54, 1.807) is 7.05 Å². The molecule has 3 heteroatoms. The zero-order chi connectivity index (χ0) is 4.99. The van der Waals surface area contributed by atoms with Crippen molar-refractivity contribution in [1.29, 1.82) is 0 Å². The molecule has 0 radical (unpaired) electrons. The van der Waals surface area contributed by atoms with Gasteiger partial charge in [0.05, 0.1) is 0 Å². The molecular formula is C3H9NOS. The molecular weight excluding hydrogens is 98.1 g/mol. The second-order valence-corrected chi connectivity index (χ2v) is 1.35.